The summed E-state index contributed by atoms with van der Waals surface area (Å²) >= 11 is 0. The molecule has 1 atom stereocenters. The molecule has 4 rings (SSSR count). The van der Waals surface area contributed by atoms with Gasteiger partial charge >= 0.3 is 0 Å². The van der Waals surface area contributed by atoms with E-state index in [9.17, 15) is 0 Å². The Balaban J connectivity index is 1.68. The van der Waals surface area contributed by atoms with Gasteiger partial charge in [-0.3, -0.25) is 4.57 Å². The van der Waals surface area contributed by atoms with Crippen LogP contribution in [-0.4, -0.2) is 57.6 Å². The average molecular weight is 322 g/mol. The van der Waals surface area contributed by atoms with Crippen molar-refractivity contribution in [3.8, 4) is 5.69 Å². The zero-order chi connectivity index (χ0) is 16.5. The number of anilines is 1. The molecule has 6 nitrogen and oxygen atoms in total. The number of imidazole rings is 1. The summed E-state index contributed by atoms with van der Waals surface area (Å²) < 4.78 is 2.01. The minimum Gasteiger partial charge on any atom is -0.356 e. The van der Waals surface area contributed by atoms with Crippen LogP contribution >= 0.6 is 0 Å². The molecule has 3 heterocycles. The van der Waals surface area contributed by atoms with Crippen molar-refractivity contribution in [1.82, 2.24) is 24.4 Å². The van der Waals surface area contributed by atoms with Crippen molar-refractivity contribution >= 4 is 17.0 Å². The Kier molecular flexibility index (Phi) is 3.90. The molecule has 0 N–H and O–H groups in total. The van der Waals surface area contributed by atoms with E-state index in [-0.39, 0.29) is 0 Å². The Morgan fingerprint density at radius 1 is 1.17 bits per heavy atom. The highest BCUT2D eigenvalue weighted by molar-refractivity contribution is 5.84. The summed E-state index contributed by atoms with van der Waals surface area (Å²) in [5.74, 6) is 0.898. The predicted molar refractivity (Wildman–Crippen MR) is 95.6 cm³/mol. The van der Waals surface area contributed by atoms with Gasteiger partial charge in [-0.15, -0.1) is 0 Å². The standard InChI is InChI=1S/C18H22N6/c1-22-10-6-9-15(22)11-23(2)17-16-18(20-12-19-17)24(13-21-16)14-7-4-3-5-8-14/h3-5,7-8,12-13,15H,6,9-11H2,1-2H3/t15-/m1/s1. The first-order valence-corrected chi connectivity index (χ1v) is 8.39. The van der Waals surface area contributed by atoms with Crippen LogP contribution in [0.5, 0.6) is 0 Å². The van der Waals surface area contributed by atoms with Gasteiger partial charge in [-0.05, 0) is 38.6 Å². The van der Waals surface area contributed by atoms with Crippen molar-refractivity contribution in [1.29, 1.82) is 0 Å². The van der Waals surface area contributed by atoms with Crippen LogP contribution in [0.25, 0.3) is 16.9 Å². The van der Waals surface area contributed by atoms with E-state index < -0.39 is 0 Å². The number of hydrogen-bond acceptors (Lipinski definition) is 5. The Morgan fingerprint density at radius 3 is 2.75 bits per heavy atom. The number of aromatic nitrogens is 4. The summed E-state index contributed by atoms with van der Waals surface area (Å²) in [4.78, 5) is 18.2. The summed E-state index contributed by atoms with van der Waals surface area (Å²) in [6, 6.07) is 10.7. The van der Waals surface area contributed by atoms with E-state index in [4.69, 9.17) is 0 Å². The predicted octanol–water partition coefficient (Wildman–Crippen LogP) is 2.35. The Bertz CT molecular complexity index is 828. The lowest BCUT2D eigenvalue weighted by Gasteiger charge is -2.26. The molecule has 2 aromatic heterocycles. The lowest BCUT2D eigenvalue weighted by Crippen LogP contribution is -2.37. The highest BCUT2D eigenvalue weighted by Gasteiger charge is 2.24. The van der Waals surface area contributed by atoms with Gasteiger partial charge in [0.15, 0.2) is 17.0 Å². The number of fused-ring (bicyclic) bond motifs is 1. The van der Waals surface area contributed by atoms with Gasteiger partial charge in [-0.2, -0.15) is 0 Å². The monoisotopic (exact) mass is 322 g/mol. The average Bonchev–Trinajstić information content (AvgIpc) is 3.22. The first-order chi connectivity index (χ1) is 11.7. The lowest BCUT2D eigenvalue weighted by molar-refractivity contribution is 0.314. The van der Waals surface area contributed by atoms with E-state index in [1.807, 2.05) is 29.1 Å². The van der Waals surface area contributed by atoms with Crippen molar-refractivity contribution < 1.29 is 0 Å². The van der Waals surface area contributed by atoms with Crippen molar-refractivity contribution in [2.24, 2.45) is 0 Å². The van der Waals surface area contributed by atoms with Gasteiger partial charge in [0.2, 0.25) is 0 Å². The Hall–Kier alpha value is -2.47. The molecular weight excluding hydrogens is 300 g/mol. The zero-order valence-corrected chi connectivity index (χ0v) is 14.1. The molecule has 1 aromatic carbocycles. The van der Waals surface area contributed by atoms with Crippen LogP contribution in [0.3, 0.4) is 0 Å². The number of rotatable bonds is 4. The van der Waals surface area contributed by atoms with Gasteiger partial charge in [0.1, 0.15) is 12.7 Å². The number of nitrogens with zero attached hydrogens (tertiary/aromatic N) is 6. The molecule has 0 radical (unpaired) electrons. The van der Waals surface area contributed by atoms with Gasteiger partial charge in [0.25, 0.3) is 0 Å². The fourth-order valence-electron chi connectivity index (χ4n) is 3.49. The second-order valence-corrected chi connectivity index (χ2v) is 6.48. The molecule has 0 bridgehead atoms. The van der Waals surface area contributed by atoms with E-state index in [0.29, 0.717) is 6.04 Å². The summed E-state index contributed by atoms with van der Waals surface area (Å²) in [5.41, 5.74) is 2.75. The summed E-state index contributed by atoms with van der Waals surface area (Å²) in [6.45, 7) is 2.14. The summed E-state index contributed by atoms with van der Waals surface area (Å²) in [7, 11) is 4.29. The molecule has 1 aliphatic heterocycles. The fraction of sp³-hybridized carbons (Fsp3) is 0.389. The third-order valence-electron chi connectivity index (χ3n) is 4.87. The Labute approximate surface area is 141 Å². The molecule has 1 fully saturated rings. The quantitative estimate of drug-likeness (QED) is 0.738. The van der Waals surface area contributed by atoms with Crippen LogP contribution in [0, 0.1) is 0 Å². The highest BCUT2D eigenvalue weighted by Crippen LogP contribution is 2.24. The van der Waals surface area contributed by atoms with E-state index in [0.717, 1.165) is 29.2 Å². The van der Waals surface area contributed by atoms with Crippen molar-refractivity contribution in [3.63, 3.8) is 0 Å². The lowest BCUT2D eigenvalue weighted by atomic mass is 10.2. The number of benzene rings is 1. The second-order valence-electron chi connectivity index (χ2n) is 6.48. The van der Waals surface area contributed by atoms with E-state index in [2.05, 4.69) is 51.0 Å². The minimum absolute atomic E-state index is 0.580. The highest BCUT2D eigenvalue weighted by atomic mass is 15.3. The zero-order valence-electron chi connectivity index (χ0n) is 14.1. The van der Waals surface area contributed by atoms with Crippen LogP contribution < -0.4 is 4.90 Å². The molecule has 6 heteroatoms. The number of likely N-dealkylation sites (tertiary alicyclic amines) is 1. The van der Waals surface area contributed by atoms with E-state index in [1.165, 1.54) is 19.4 Å². The molecule has 0 saturated carbocycles. The molecule has 1 aliphatic rings. The summed E-state index contributed by atoms with van der Waals surface area (Å²) in [6.07, 6.45) is 5.98. The molecule has 0 amide bonds. The molecule has 24 heavy (non-hydrogen) atoms. The van der Waals surface area contributed by atoms with E-state index >= 15 is 0 Å². The van der Waals surface area contributed by atoms with E-state index in [1.54, 1.807) is 6.33 Å². The van der Waals surface area contributed by atoms with Crippen LogP contribution in [0.4, 0.5) is 5.82 Å². The SMILES string of the molecule is CN(C[C@H]1CCCN1C)c1ncnc2c1ncn2-c1ccccc1. The van der Waals surface area contributed by atoms with Gasteiger partial charge < -0.3 is 9.80 Å². The topological polar surface area (TPSA) is 50.1 Å². The maximum Gasteiger partial charge on any atom is 0.170 e. The second kappa shape index (κ2) is 6.20. The van der Waals surface area contributed by atoms with Gasteiger partial charge in [-0.25, -0.2) is 15.0 Å². The van der Waals surface area contributed by atoms with Gasteiger partial charge in [0, 0.05) is 25.3 Å². The van der Waals surface area contributed by atoms with Crippen molar-refractivity contribution in [3.05, 3.63) is 43.0 Å². The van der Waals surface area contributed by atoms with Crippen LogP contribution in [0.1, 0.15) is 12.8 Å². The molecule has 124 valence electrons. The number of para-hydroxylation sites is 1. The molecule has 0 unspecified atom stereocenters. The third-order valence-corrected chi connectivity index (χ3v) is 4.87. The van der Waals surface area contributed by atoms with Gasteiger partial charge in [-0.1, -0.05) is 18.2 Å². The van der Waals surface area contributed by atoms with Crippen molar-refractivity contribution in [2.45, 2.75) is 18.9 Å². The number of hydrogen-bond donors (Lipinski definition) is 0. The smallest absolute Gasteiger partial charge is 0.170 e. The molecule has 1 saturated heterocycles. The first kappa shape index (κ1) is 15.1. The van der Waals surface area contributed by atoms with Crippen LogP contribution in [-0.2, 0) is 0 Å². The Morgan fingerprint density at radius 2 is 2.00 bits per heavy atom. The van der Waals surface area contributed by atoms with Crippen LogP contribution in [0.15, 0.2) is 43.0 Å². The molecule has 0 spiro atoms. The maximum absolute atomic E-state index is 4.59. The van der Waals surface area contributed by atoms with Crippen molar-refractivity contribution in [2.75, 3.05) is 32.1 Å². The largest absolute Gasteiger partial charge is 0.356 e. The molecule has 3 aromatic rings. The summed E-state index contributed by atoms with van der Waals surface area (Å²) in [5, 5.41) is 0. The minimum atomic E-state index is 0.580. The maximum atomic E-state index is 4.59. The molecule has 0 aliphatic carbocycles. The third kappa shape index (κ3) is 2.63. The molecular formula is C18H22N6. The van der Waals surface area contributed by atoms with Crippen LogP contribution in [0.2, 0.25) is 0 Å². The first-order valence-electron chi connectivity index (χ1n) is 8.39. The fourth-order valence-corrected chi connectivity index (χ4v) is 3.49. The number of likely N-dealkylation sites (N-methyl/N-ethyl adjacent to an activating group) is 2. The normalized spacial score (nSPS) is 18.3. The van der Waals surface area contributed by atoms with Gasteiger partial charge in [0.05, 0.1) is 0 Å².